The van der Waals surface area contributed by atoms with Crippen LogP contribution in [0.1, 0.15) is 37.1 Å². The fraction of sp³-hybridized carbons (Fsp3) is 0.692. The van der Waals surface area contributed by atoms with Crippen molar-refractivity contribution in [2.75, 3.05) is 13.1 Å². The third-order valence-corrected chi connectivity index (χ3v) is 3.78. The summed E-state index contributed by atoms with van der Waals surface area (Å²) in [6, 6.07) is 0. The lowest BCUT2D eigenvalue weighted by atomic mass is 10.1. The summed E-state index contributed by atoms with van der Waals surface area (Å²) in [5.41, 5.74) is 5.78. The third kappa shape index (κ3) is 8.41. The summed E-state index contributed by atoms with van der Waals surface area (Å²) in [7, 11) is 0. The fourth-order valence-corrected chi connectivity index (χ4v) is 2.29. The van der Waals surface area contributed by atoms with Crippen LogP contribution in [0.4, 0.5) is 0 Å². The second-order valence-corrected chi connectivity index (χ2v) is 5.90. The van der Waals surface area contributed by atoms with Gasteiger partial charge in [0.1, 0.15) is 0 Å². The SMILES string of the molecule is CCc1cnc(CCNC(N)=NCCC(C)C)s1.I. The lowest BCUT2D eigenvalue weighted by Crippen LogP contribution is -2.33. The van der Waals surface area contributed by atoms with E-state index in [1.165, 1.54) is 4.88 Å². The van der Waals surface area contributed by atoms with E-state index in [0.717, 1.165) is 37.4 Å². The number of thiazole rings is 1. The van der Waals surface area contributed by atoms with Gasteiger partial charge in [-0.2, -0.15) is 0 Å². The lowest BCUT2D eigenvalue weighted by molar-refractivity contribution is 0.595. The number of nitrogens with zero attached hydrogens (tertiary/aromatic N) is 2. The van der Waals surface area contributed by atoms with Crippen LogP contribution in [0.3, 0.4) is 0 Å². The summed E-state index contributed by atoms with van der Waals surface area (Å²) in [5, 5.41) is 4.29. The van der Waals surface area contributed by atoms with Gasteiger partial charge in [-0.1, -0.05) is 20.8 Å². The molecule has 0 saturated heterocycles. The van der Waals surface area contributed by atoms with Crippen LogP contribution in [0.5, 0.6) is 0 Å². The van der Waals surface area contributed by atoms with E-state index in [0.29, 0.717) is 11.9 Å². The lowest BCUT2D eigenvalue weighted by Gasteiger charge is -2.05. The fourth-order valence-electron chi connectivity index (χ4n) is 1.42. The van der Waals surface area contributed by atoms with Gasteiger partial charge in [0.2, 0.25) is 0 Å². The Hall–Kier alpha value is -0.370. The Morgan fingerprint density at radius 3 is 2.84 bits per heavy atom. The second-order valence-electron chi connectivity index (χ2n) is 4.70. The molecule has 0 radical (unpaired) electrons. The minimum Gasteiger partial charge on any atom is -0.370 e. The number of nitrogens with two attached hydrogens (primary N) is 1. The number of halogens is 1. The molecule has 110 valence electrons. The van der Waals surface area contributed by atoms with E-state index in [4.69, 9.17) is 5.73 Å². The van der Waals surface area contributed by atoms with Gasteiger partial charge in [0.05, 0.1) is 5.01 Å². The van der Waals surface area contributed by atoms with E-state index < -0.39 is 0 Å². The Morgan fingerprint density at radius 2 is 2.26 bits per heavy atom. The zero-order valence-corrected chi connectivity index (χ0v) is 15.1. The molecule has 0 aromatic carbocycles. The summed E-state index contributed by atoms with van der Waals surface area (Å²) in [6.07, 6.45) is 5.00. The standard InChI is InChI=1S/C13H24N4S.HI/c1-4-11-9-17-12(18-11)6-8-16-13(14)15-7-5-10(2)3;/h9-10H,4-8H2,1-3H3,(H3,14,15,16);1H. The van der Waals surface area contributed by atoms with Gasteiger partial charge in [0.25, 0.3) is 0 Å². The molecule has 0 spiro atoms. The highest BCUT2D eigenvalue weighted by atomic mass is 127. The molecule has 1 aromatic heterocycles. The maximum atomic E-state index is 5.78. The molecule has 1 aromatic rings. The van der Waals surface area contributed by atoms with Crippen molar-refractivity contribution >= 4 is 41.3 Å². The van der Waals surface area contributed by atoms with Gasteiger partial charge < -0.3 is 11.1 Å². The first-order valence-electron chi connectivity index (χ1n) is 6.59. The van der Waals surface area contributed by atoms with Gasteiger partial charge in [0.15, 0.2) is 5.96 Å². The predicted molar refractivity (Wildman–Crippen MR) is 94.6 cm³/mol. The zero-order valence-electron chi connectivity index (χ0n) is 12.0. The van der Waals surface area contributed by atoms with Crippen LogP contribution in [0, 0.1) is 5.92 Å². The predicted octanol–water partition coefficient (Wildman–Crippen LogP) is 2.82. The van der Waals surface area contributed by atoms with Crippen LogP contribution in [-0.2, 0) is 12.8 Å². The average Bonchev–Trinajstić information content (AvgIpc) is 2.76. The quantitative estimate of drug-likeness (QED) is 0.423. The molecule has 1 heterocycles. The summed E-state index contributed by atoms with van der Waals surface area (Å²) in [5.74, 6) is 1.22. The van der Waals surface area contributed by atoms with Crippen molar-refractivity contribution in [2.24, 2.45) is 16.6 Å². The van der Waals surface area contributed by atoms with E-state index >= 15 is 0 Å². The molecule has 19 heavy (non-hydrogen) atoms. The Bertz CT molecular complexity index is 376. The molecule has 4 nitrogen and oxygen atoms in total. The summed E-state index contributed by atoms with van der Waals surface area (Å²) >= 11 is 1.77. The molecule has 3 N–H and O–H groups in total. The topological polar surface area (TPSA) is 63.3 Å². The molecule has 0 saturated carbocycles. The van der Waals surface area contributed by atoms with Crippen molar-refractivity contribution in [1.82, 2.24) is 10.3 Å². The Labute approximate surface area is 137 Å². The van der Waals surface area contributed by atoms with Crippen molar-refractivity contribution < 1.29 is 0 Å². The van der Waals surface area contributed by atoms with Crippen molar-refractivity contribution in [1.29, 1.82) is 0 Å². The number of aromatic nitrogens is 1. The number of rotatable bonds is 7. The van der Waals surface area contributed by atoms with Crippen molar-refractivity contribution in [3.05, 3.63) is 16.1 Å². The van der Waals surface area contributed by atoms with Crippen LogP contribution in [0.15, 0.2) is 11.2 Å². The minimum atomic E-state index is 0. The van der Waals surface area contributed by atoms with Crippen molar-refractivity contribution in [2.45, 2.75) is 40.0 Å². The molecular weight excluding hydrogens is 371 g/mol. The van der Waals surface area contributed by atoms with Gasteiger partial charge in [-0.3, -0.25) is 4.99 Å². The van der Waals surface area contributed by atoms with Crippen LogP contribution in [-0.4, -0.2) is 24.0 Å². The first-order valence-corrected chi connectivity index (χ1v) is 7.40. The first-order chi connectivity index (χ1) is 8.61. The van der Waals surface area contributed by atoms with E-state index in [9.17, 15) is 0 Å². The summed E-state index contributed by atoms with van der Waals surface area (Å²) < 4.78 is 0. The van der Waals surface area contributed by atoms with Crippen LogP contribution < -0.4 is 11.1 Å². The highest BCUT2D eigenvalue weighted by molar-refractivity contribution is 14.0. The molecule has 0 fully saturated rings. The number of nitrogens with one attached hydrogen (secondary N) is 1. The molecule has 0 bridgehead atoms. The first kappa shape index (κ1) is 18.6. The van der Waals surface area contributed by atoms with Gasteiger partial charge in [0, 0.05) is 30.6 Å². The molecule has 0 unspecified atom stereocenters. The van der Waals surface area contributed by atoms with Gasteiger partial charge in [-0.15, -0.1) is 35.3 Å². The Morgan fingerprint density at radius 1 is 1.53 bits per heavy atom. The monoisotopic (exact) mass is 396 g/mol. The molecule has 0 aliphatic rings. The van der Waals surface area contributed by atoms with Crippen molar-refractivity contribution in [3.63, 3.8) is 0 Å². The van der Waals surface area contributed by atoms with Crippen LogP contribution >= 0.6 is 35.3 Å². The van der Waals surface area contributed by atoms with E-state index in [1.54, 1.807) is 11.3 Å². The highest BCUT2D eigenvalue weighted by Gasteiger charge is 2.00. The number of guanidine groups is 1. The minimum absolute atomic E-state index is 0. The number of aryl methyl sites for hydroxylation is 1. The zero-order chi connectivity index (χ0) is 13.4. The van der Waals surface area contributed by atoms with E-state index in [1.807, 2.05) is 6.20 Å². The molecule has 0 atom stereocenters. The van der Waals surface area contributed by atoms with Crippen LogP contribution in [0.2, 0.25) is 0 Å². The van der Waals surface area contributed by atoms with Gasteiger partial charge in [-0.05, 0) is 18.8 Å². The molecule has 1 rings (SSSR count). The maximum absolute atomic E-state index is 5.78. The molecule has 0 amide bonds. The number of hydrogen-bond donors (Lipinski definition) is 2. The molecule has 6 heteroatoms. The maximum Gasteiger partial charge on any atom is 0.188 e. The van der Waals surface area contributed by atoms with Crippen molar-refractivity contribution in [3.8, 4) is 0 Å². The molecular formula is C13H25IN4S. The van der Waals surface area contributed by atoms with E-state index in [2.05, 4.69) is 36.1 Å². The smallest absolute Gasteiger partial charge is 0.188 e. The summed E-state index contributed by atoms with van der Waals surface area (Å²) in [4.78, 5) is 9.99. The van der Waals surface area contributed by atoms with E-state index in [-0.39, 0.29) is 24.0 Å². The third-order valence-electron chi connectivity index (χ3n) is 2.58. The average molecular weight is 396 g/mol. The number of aliphatic imine (C=N–C) groups is 1. The Balaban J connectivity index is 0.00000324. The Kier molecular flexibility index (Phi) is 10.2. The largest absolute Gasteiger partial charge is 0.370 e. The van der Waals surface area contributed by atoms with Crippen LogP contribution in [0.25, 0.3) is 0 Å². The number of hydrogen-bond acceptors (Lipinski definition) is 3. The highest BCUT2D eigenvalue weighted by Crippen LogP contribution is 2.13. The summed E-state index contributed by atoms with van der Waals surface area (Å²) in [6.45, 7) is 8.12. The van der Waals surface area contributed by atoms with Gasteiger partial charge in [-0.25, -0.2) is 4.98 Å². The second kappa shape index (κ2) is 10.4. The molecule has 0 aliphatic heterocycles. The van der Waals surface area contributed by atoms with Gasteiger partial charge >= 0.3 is 0 Å². The normalized spacial score (nSPS) is 11.5. The molecule has 0 aliphatic carbocycles.